The van der Waals surface area contributed by atoms with Gasteiger partial charge in [0.05, 0.1) is 5.92 Å². The van der Waals surface area contributed by atoms with Crippen LogP contribution < -0.4 is 0 Å². The molecule has 2 rings (SSSR count). The Balaban J connectivity index is 1.95. The third kappa shape index (κ3) is 4.24. The zero-order valence-corrected chi connectivity index (χ0v) is 13.2. The molecular weight excluding hydrogens is 329 g/mol. The number of alkyl halides is 4. The van der Waals surface area contributed by atoms with Gasteiger partial charge >= 0.3 is 6.18 Å². The molecule has 20 heavy (non-hydrogen) atoms. The molecule has 0 N–H and O–H groups in total. The molecule has 0 radical (unpaired) electrons. The first-order chi connectivity index (χ1) is 9.36. The molecule has 1 aromatic carbocycles. The summed E-state index contributed by atoms with van der Waals surface area (Å²) in [6.45, 7) is 2.03. The van der Waals surface area contributed by atoms with E-state index in [1.807, 2.05) is 6.92 Å². The van der Waals surface area contributed by atoms with Crippen LogP contribution in [0, 0.1) is 18.8 Å². The molecule has 0 aliphatic heterocycles. The molecular formula is C16H20BrF3. The molecule has 0 bridgehead atoms. The van der Waals surface area contributed by atoms with Gasteiger partial charge in [-0.05, 0) is 44.1 Å². The van der Waals surface area contributed by atoms with Gasteiger partial charge in [-0.2, -0.15) is 13.2 Å². The summed E-state index contributed by atoms with van der Waals surface area (Å²) in [5.74, 6) is -0.990. The van der Waals surface area contributed by atoms with Crippen LogP contribution in [-0.2, 0) is 6.42 Å². The van der Waals surface area contributed by atoms with Crippen molar-refractivity contribution in [2.24, 2.45) is 11.8 Å². The van der Waals surface area contributed by atoms with Gasteiger partial charge in [-0.1, -0.05) is 52.2 Å². The summed E-state index contributed by atoms with van der Waals surface area (Å²) < 4.78 is 38.5. The monoisotopic (exact) mass is 348 g/mol. The average molecular weight is 349 g/mol. The van der Waals surface area contributed by atoms with E-state index in [1.54, 1.807) is 0 Å². The van der Waals surface area contributed by atoms with Crippen LogP contribution in [-0.4, -0.2) is 11.0 Å². The molecule has 0 aromatic heterocycles. The third-order valence-electron chi connectivity index (χ3n) is 4.24. The van der Waals surface area contributed by atoms with Gasteiger partial charge in [-0.3, -0.25) is 0 Å². The fourth-order valence-corrected chi connectivity index (χ4v) is 3.82. The van der Waals surface area contributed by atoms with Crippen molar-refractivity contribution >= 4 is 15.9 Å². The van der Waals surface area contributed by atoms with Gasteiger partial charge < -0.3 is 0 Å². The number of aryl methyl sites for hydroxylation is 1. The molecule has 3 atom stereocenters. The number of hydrogen-bond donors (Lipinski definition) is 0. The van der Waals surface area contributed by atoms with Gasteiger partial charge in [0.15, 0.2) is 0 Å². The number of benzene rings is 1. The minimum absolute atomic E-state index is 0.122. The summed E-state index contributed by atoms with van der Waals surface area (Å²) >= 11 is 3.62. The van der Waals surface area contributed by atoms with Crippen molar-refractivity contribution in [2.45, 2.75) is 50.0 Å². The van der Waals surface area contributed by atoms with E-state index >= 15 is 0 Å². The van der Waals surface area contributed by atoms with E-state index in [4.69, 9.17) is 0 Å². The fraction of sp³-hybridized carbons (Fsp3) is 0.625. The lowest BCUT2D eigenvalue weighted by atomic mass is 9.78. The molecule has 4 heteroatoms. The highest BCUT2D eigenvalue weighted by molar-refractivity contribution is 9.09. The number of hydrogen-bond acceptors (Lipinski definition) is 0. The maximum Gasteiger partial charge on any atom is 0.391 e. The highest BCUT2D eigenvalue weighted by atomic mass is 79.9. The molecule has 1 aliphatic carbocycles. The lowest BCUT2D eigenvalue weighted by Gasteiger charge is -2.33. The minimum atomic E-state index is -4.03. The molecule has 1 saturated carbocycles. The van der Waals surface area contributed by atoms with Crippen LogP contribution in [0.2, 0.25) is 0 Å². The van der Waals surface area contributed by atoms with Crippen LogP contribution in [0.5, 0.6) is 0 Å². The predicted molar refractivity (Wildman–Crippen MR) is 79.1 cm³/mol. The Labute approximate surface area is 126 Å². The lowest BCUT2D eigenvalue weighted by Crippen LogP contribution is -2.32. The van der Waals surface area contributed by atoms with E-state index in [0.717, 1.165) is 12.8 Å². The predicted octanol–water partition coefficient (Wildman–Crippen LogP) is 5.67. The van der Waals surface area contributed by atoms with Crippen LogP contribution in [0.4, 0.5) is 13.2 Å². The van der Waals surface area contributed by atoms with Crippen LogP contribution in [0.15, 0.2) is 24.3 Å². The fourth-order valence-electron chi connectivity index (χ4n) is 2.97. The molecule has 112 valence electrons. The standard InChI is InChI=1S/C16H20BrF3/c1-11-5-7-12(8-6-11)9-15(17)13-3-2-4-14(10-13)16(18,19)20/h5-8,13-15H,2-4,9-10H2,1H3. The summed E-state index contributed by atoms with van der Waals surface area (Å²) in [7, 11) is 0. The second-order valence-electron chi connectivity index (χ2n) is 5.87. The second-order valence-corrected chi connectivity index (χ2v) is 7.05. The molecule has 0 heterocycles. The Bertz CT molecular complexity index is 424. The van der Waals surface area contributed by atoms with E-state index in [0.29, 0.717) is 12.8 Å². The molecule has 0 spiro atoms. The molecule has 0 saturated heterocycles. The Morgan fingerprint density at radius 3 is 2.45 bits per heavy atom. The second kappa shape index (κ2) is 6.50. The van der Waals surface area contributed by atoms with Crippen molar-refractivity contribution in [2.75, 3.05) is 0 Å². The molecule has 1 aromatic rings. The van der Waals surface area contributed by atoms with Gasteiger partial charge in [-0.15, -0.1) is 0 Å². The molecule has 0 nitrogen and oxygen atoms in total. The van der Waals surface area contributed by atoms with Crippen LogP contribution >= 0.6 is 15.9 Å². The topological polar surface area (TPSA) is 0 Å². The SMILES string of the molecule is Cc1ccc(CC(Br)C2CCCC(C(F)(F)F)C2)cc1. The van der Waals surface area contributed by atoms with Crippen LogP contribution in [0.25, 0.3) is 0 Å². The van der Waals surface area contributed by atoms with E-state index in [-0.39, 0.29) is 17.2 Å². The first-order valence-corrected chi connectivity index (χ1v) is 8.04. The Kier molecular flexibility index (Phi) is 5.16. The third-order valence-corrected chi connectivity index (χ3v) is 5.31. The van der Waals surface area contributed by atoms with Gasteiger partial charge in [0.1, 0.15) is 0 Å². The maximum absolute atomic E-state index is 12.8. The van der Waals surface area contributed by atoms with Crippen molar-refractivity contribution in [1.29, 1.82) is 0 Å². The minimum Gasteiger partial charge on any atom is -0.171 e. The Morgan fingerprint density at radius 1 is 1.20 bits per heavy atom. The highest BCUT2D eigenvalue weighted by Gasteiger charge is 2.43. The largest absolute Gasteiger partial charge is 0.391 e. The summed E-state index contributed by atoms with van der Waals surface area (Å²) in [5, 5.41) is 0. The molecule has 3 unspecified atom stereocenters. The molecule has 0 amide bonds. The molecule has 1 fully saturated rings. The quantitative estimate of drug-likeness (QED) is 0.617. The van der Waals surface area contributed by atoms with Crippen molar-refractivity contribution in [3.05, 3.63) is 35.4 Å². The van der Waals surface area contributed by atoms with Gasteiger partial charge in [0.2, 0.25) is 0 Å². The van der Waals surface area contributed by atoms with E-state index < -0.39 is 12.1 Å². The van der Waals surface area contributed by atoms with Gasteiger partial charge in [0.25, 0.3) is 0 Å². The first kappa shape index (κ1) is 15.9. The van der Waals surface area contributed by atoms with Gasteiger partial charge in [0, 0.05) is 4.83 Å². The smallest absolute Gasteiger partial charge is 0.171 e. The lowest BCUT2D eigenvalue weighted by molar-refractivity contribution is -0.185. The maximum atomic E-state index is 12.8. The van der Waals surface area contributed by atoms with E-state index in [1.165, 1.54) is 11.1 Å². The van der Waals surface area contributed by atoms with Gasteiger partial charge in [-0.25, -0.2) is 0 Å². The normalized spacial score (nSPS) is 25.4. The summed E-state index contributed by atoms with van der Waals surface area (Å²) in [4.78, 5) is 0.135. The average Bonchev–Trinajstić information content (AvgIpc) is 2.40. The zero-order chi connectivity index (χ0) is 14.8. The summed E-state index contributed by atoms with van der Waals surface area (Å²) in [5.41, 5.74) is 2.39. The van der Waals surface area contributed by atoms with E-state index in [9.17, 15) is 13.2 Å². The van der Waals surface area contributed by atoms with Crippen molar-refractivity contribution in [3.8, 4) is 0 Å². The van der Waals surface area contributed by atoms with E-state index in [2.05, 4.69) is 40.2 Å². The zero-order valence-electron chi connectivity index (χ0n) is 11.6. The number of halogens is 4. The molecule has 1 aliphatic rings. The Hall–Kier alpha value is -0.510. The number of rotatable bonds is 3. The summed E-state index contributed by atoms with van der Waals surface area (Å²) in [6, 6.07) is 8.23. The summed E-state index contributed by atoms with van der Waals surface area (Å²) in [6.07, 6.45) is -1.08. The van der Waals surface area contributed by atoms with Crippen LogP contribution in [0.1, 0.15) is 36.8 Å². The Morgan fingerprint density at radius 2 is 1.85 bits per heavy atom. The first-order valence-electron chi connectivity index (χ1n) is 7.12. The van der Waals surface area contributed by atoms with Crippen molar-refractivity contribution < 1.29 is 13.2 Å². The van der Waals surface area contributed by atoms with Crippen molar-refractivity contribution in [3.63, 3.8) is 0 Å². The van der Waals surface area contributed by atoms with Crippen LogP contribution in [0.3, 0.4) is 0 Å². The van der Waals surface area contributed by atoms with Crippen molar-refractivity contribution in [1.82, 2.24) is 0 Å². The highest BCUT2D eigenvalue weighted by Crippen LogP contribution is 2.42.